The molecule has 3 atom stereocenters. The molecule has 0 unspecified atom stereocenters. The van der Waals surface area contributed by atoms with Gasteiger partial charge in [-0.25, -0.2) is 4.98 Å². The van der Waals surface area contributed by atoms with Crippen molar-refractivity contribution in [3.63, 3.8) is 0 Å². The highest BCUT2D eigenvalue weighted by Crippen LogP contribution is 2.28. The molecule has 1 aliphatic carbocycles. The van der Waals surface area contributed by atoms with Gasteiger partial charge >= 0.3 is 0 Å². The molecule has 1 saturated carbocycles. The average molecular weight is 380 g/mol. The fraction of sp³-hybridized carbons (Fsp3) is 0.842. The lowest BCUT2D eigenvalue weighted by molar-refractivity contribution is -0.127. The molecule has 1 aromatic rings. The third-order valence-corrected chi connectivity index (χ3v) is 5.47. The summed E-state index contributed by atoms with van der Waals surface area (Å²) in [7, 11) is 0. The minimum Gasteiger partial charge on any atom is -0.381 e. The lowest BCUT2D eigenvalue weighted by Gasteiger charge is -2.39. The molecular weight excluding hydrogens is 346 g/mol. The van der Waals surface area contributed by atoms with Gasteiger partial charge in [0.25, 0.3) is 0 Å². The Hall–Kier alpha value is -1.51. The van der Waals surface area contributed by atoms with Crippen LogP contribution in [0.25, 0.3) is 0 Å². The number of hydrogen-bond acceptors (Lipinski definition) is 6. The highest BCUT2D eigenvalue weighted by Gasteiger charge is 2.35. The first kappa shape index (κ1) is 20.2. The largest absolute Gasteiger partial charge is 0.381 e. The Kier molecular flexibility index (Phi) is 8.04. The first-order valence-electron chi connectivity index (χ1n) is 10.3. The third-order valence-electron chi connectivity index (χ3n) is 5.47. The van der Waals surface area contributed by atoms with E-state index in [2.05, 4.69) is 27.6 Å². The molecule has 8 nitrogen and oxygen atoms in total. The highest BCUT2D eigenvalue weighted by atomic mass is 16.5. The minimum absolute atomic E-state index is 0.0413. The molecule has 0 radical (unpaired) electrons. The molecule has 0 aromatic carbocycles. The summed E-state index contributed by atoms with van der Waals surface area (Å²) in [6, 6.07) is 0.699. The first-order chi connectivity index (χ1) is 13.3. The second-order valence-electron chi connectivity index (χ2n) is 7.53. The van der Waals surface area contributed by atoms with Gasteiger partial charge in [-0.1, -0.05) is 6.92 Å². The van der Waals surface area contributed by atoms with E-state index in [4.69, 9.17) is 9.47 Å². The third kappa shape index (κ3) is 6.26. The zero-order valence-corrected chi connectivity index (χ0v) is 16.3. The molecule has 3 rings (SSSR count). The maximum atomic E-state index is 12.6. The molecule has 27 heavy (non-hydrogen) atoms. The molecule has 1 saturated heterocycles. The van der Waals surface area contributed by atoms with E-state index in [1.165, 1.54) is 6.33 Å². The van der Waals surface area contributed by atoms with Crippen LogP contribution in [0.4, 0.5) is 0 Å². The van der Waals surface area contributed by atoms with Crippen molar-refractivity contribution in [1.29, 1.82) is 0 Å². The number of carbonyl (C=O) groups excluding carboxylic acids is 1. The zero-order valence-electron chi connectivity index (χ0n) is 16.3. The summed E-state index contributed by atoms with van der Waals surface area (Å²) >= 11 is 0. The molecule has 1 aromatic heterocycles. The summed E-state index contributed by atoms with van der Waals surface area (Å²) in [5.41, 5.74) is 0. The van der Waals surface area contributed by atoms with Crippen LogP contribution in [-0.4, -0.2) is 65.2 Å². The van der Waals surface area contributed by atoms with Gasteiger partial charge in [-0.15, -0.1) is 0 Å². The van der Waals surface area contributed by atoms with Gasteiger partial charge in [0.15, 0.2) is 0 Å². The predicted octanol–water partition coefficient (Wildman–Crippen LogP) is 1.13. The van der Waals surface area contributed by atoms with Gasteiger partial charge in [-0.05, 0) is 38.5 Å². The summed E-state index contributed by atoms with van der Waals surface area (Å²) in [4.78, 5) is 16.6. The van der Waals surface area contributed by atoms with Crippen LogP contribution < -0.4 is 10.6 Å². The molecular formula is C19H33N5O3. The lowest BCUT2D eigenvalue weighted by Crippen LogP contribution is -2.52. The molecule has 1 aliphatic heterocycles. The van der Waals surface area contributed by atoms with Gasteiger partial charge in [-0.2, -0.15) is 5.10 Å². The van der Waals surface area contributed by atoms with Crippen molar-refractivity contribution in [2.24, 2.45) is 5.92 Å². The molecule has 0 bridgehead atoms. The van der Waals surface area contributed by atoms with Crippen LogP contribution in [0.1, 0.15) is 45.4 Å². The Bertz CT molecular complexity index is 548. The Morgan fingerprint density at radius 3 is 2.89 bits per heavy atom. The predicted molar refractivity (Wildman–Crippen MR) is 101 cm³/mol. The highest BCUT2D eigenvalue weighted by molar-refractivity contribution is 5.78. The summed E-state index contributed by atoms with van der Waals surface area (Å²) in [6.45, 7) is 5.77. The van der Waals surface area contributed by atoms with Crippen LogP contribution >= 0.6 is 0 Å². The molecule has 2 fully saturated rings. The van der Waals surface area contributed by atoms with Crippen LogP contribution in [0.5, 0.6) is 0 Å². The van der Waals surface area contributed by atoms with Crippen molar-refractivity contribution in [2.45, 2.75) is 70.2 Å². The van der Waals surface area contributed by atoms with E-state index in [0.29, 0.717) is 19.1 Å². The molecule has 0 spiro atoms. The van der Waals surface area contributed by atoms with Gasteiger partial charge < -0.3 is 20.1 Å². The second-order valence-corrected chi connectivity index (χ2v) is 7.53. The van der Waals surface area contributed by atoms with E-state index in [0.717, 1.165) is 58.3 Å². The van der Waals surface area contributed by atoms with Crippen molar-refractivity contribution < 1.29 is 14.3 Å². The molecule has 152 valence electrons. The summed E-state index contributed by atoms with van der Waals surface area (Å²) in [5.74, 6) is 0.183. The average Bonchev–Trinajstić information content (AvgIpc) is 3.21. The van der Waals surface area contributed by atoms with Crippen molar-refractivity contribution in [2.75, 3.05) is 26.4 Å². The Balaban J connectivity index is 1.49. The van der Waals surface area contributed by atoms with E-state index in [9.17, 15) is 4.79 Å². The summed E-state index contributed by atoms with van der Waals surface area (Å²) in [6.07, 6.45) is 9.11. The van der Waals surface area contributed by atoms with Crippen LogP contribution in [0.15, 0.2) is 12.7 Å². The SMILES string of the molecule is CCCO[C@@H]1CC[C@H](C(=O)NCCn2cncn2)C[C@H]1NC1CCOCC1. The second kappa shape index (κ2) is 10.7. The Labute approximate surface area is 161 Å². The zero-order chi connectivity index (χ0) is 18.9. The van der Waals surface area contributed by atoms with Gasteiger partial charge in [0.2, 0.25) is 5.91 Å². The standard InChI is InChI=1S/C19H33N5O3/c1-2-9-27-18-4-3-15(12-17(18)23-16-5-10-26-11-6-16)19(25)21-7-8-24-14-20-13-22-24/h13-18,23H,2-12H2,1H3,(H,21,25)/t15-,17+,18+/m0/s1. The van der Waals surface area contributed by atoms with Crippen molar-refractivity contribution in [3.8, 4) is 0 Å². The number of ether oxygens (including phenoxy) is 2. The van der Waals surface area contributed by atoms with E-state index in [-0.39, 0.29) is 24.0 Å². The lowest BCUT2D eigenvalue weighted by atomic mass is 9.82. The monoisotopic (exact) mass is 379 g/mol. The number of hydrogen-bond donors (Lipinski definition) is 2. The van der Waals surface area contributed by atoms with E-state index in [1.54, 1.807) is 11.0 Å². The Morgan fingerprint density at radius 1 is 1.30 bits per heavy atom. The number of aromatic nitrogens is 3. The van der Waals surface area contributed by atoms with Gasteiger partial charge in [0.05, 0.1) is 12.6 Å². The number of amides is 1. The minimum atomic E-state index is 0.0413. The van der Waals surface area contributed by atoms with Crippen molar-refractivity contribution in [1.82, 2.24) is 25.4 Å². The molecule has 2 heterocycles. The normalized spacial score (nSPS) is 26.8. The van der Waals surface area contributed by atoms with Crippen LogP contribution in [-0.2, 0) is 20.8 Å². The molecule has 2 N–H and O–H groups in total. The van der Waals surface area contributed by atoms with E-state index < -0.39 is 0 Å². The van der Waals surface area contributed by atoms with Crippen molar-refractivity contribution >= 4 is 5.91 Å². The van der Waals surface area contributed by atoms with Crippen LogP contribution in [0.3, 0.4) is 0 Å². The van der Waals surface area contributed by atoms with E-state index >= 15 is 0 Å². The fourth-order valence-electron chi connectivity index (χ4n) is 3.98. The van der Waals surface area contributed by atoms with Gasteiger partial charge in [0.1, 0.15) is 12.7 Å². The van der Waals surface area contributed by atoms with Gasteiger partial charge in [0, 0.05) is 44.4 Å². The maximum absolute atomic E-state index is 12.6. The number of carbonyl (C=O) groups is 1. The molecule has 8 heteroatoms. The summed E-state index contributed by atoms with van der Waals surface area (Å²) in [5, 5.41) is 10.9. The van der Waals surface area contributed by atoms with Crippen LogP contribution in [0, 0.1) is 5.92 Å². The number of rotatable bonds is 9. The quantitative estimate of drug-likeness (QED) is 0.668. The summed E-state index contributed by atoms with van der Waals surface area (Å²) < 4.78 is 13.3. The number of nitrogens with one attached hydrogen (secondary N) is 2. The van der Waals surface area contributed by atoms with Gasteiger partial charge in [-0.3, -0.25) is 9.48 Å². The topological polar surface area (TPSA) is 90.3 Å². The maximum Gasteiger partial charge on any atom is 0.223 e. The van der Waals surface area contributed by atoms with Crippen LogP contribution in [0.2, 0.25) is 0 Å². The smallest absolute Gasteiger partial charge is 0.223 e. The van der Waals surface area contributed by atoms with E-state index in [1.807, 2.05) is 0 Å². The Morgan fingerprint density at radius 2 is 2.15 bits per heavy atom. The molecule has 2 aliphatic rings. The fourth-order valence-corrected chi connectivity index (χ4v) is 3.98. The number of nitrogens with zero attached hydrogens (tertiary/aromatic N) is 3. The first-order valence-corrected chi connectivity index (χ1v) is 10.3. The molecule has 1 amide bonds. The van der Waals surface area contributed by atoms with Crippen molar-refractivity contribution in [3.05, 3.63) is 12.7 Å².